The number of carbonyl (C=O) groups excluding carboxylic acids is 1. The predicted molar refractivity (Wildman–Crippen MR) is 101 cm³/mol. The molecule has 4 rings (SSSR count). The summed E-state index contributed by atoms with van der Waals surface area (Å²) in [5.41, 5.74) is 0. The summed E-state index contributed by atoms with van der Waals surface area (Å²) in [6.45, 7) is 8.04. The summed E-state index contributed by atoms with van der Waals surface area (Å²) < 4.78 is 0. The van der Waals surface area contributed by atoms with Crippen LogP contribution in [0, 0.1) is 23.7 Å². The van der Waals surface area contributed by atoms with Gasteiger partial charge in [-0.1, -0.05) is 32.1 Å². The van der Waals surface area contributed by atoms with E-state index in [4.69, 9.17) is 0 Å². The Balaban J connectivity index is 1.24. The first-order chi connectivity index (χ1) is 12.2. The summed E-state index contributed by atoms with van der Waals surface area (Å²) in [7, 11) is 2.22. The van der Waals surface area contributed by atoms with Crippen molar-refractivity contribution in [2.45, 2.75) is 51.4 Å². The van der Waals surface area contributed by atoms with Gasteiger partial charge in [-0.2, -0.15) is 0 Å². The lowest BCUT2D eigenvalue weighted by Crippen LogP contribution is -2.49. The van der Waals surface area contributed by atoms with Gasteiger partial charge in [-0.05, 0) is 44.1 Å². The smallest absolute Gasteiger partial charge is 0.225 e. The zero-order valence-electron chi connectivity index (χ0n) is 16.2. The fourth-order valence-electron chi connectivity index (χ4n) is 5.63. The first-order valence-electron chi connectivity index (χ1n) is 10.9. The van der Waals surface area contributed by atoms with Gasteiger partial charge in [0.1, 0.15) is 0 Å². The van der Waals surface area contributed by atoms with Crippen LogP contribution >= 0.6 is 0 Å². The van der Waals surface area contributed by atoms with Crippen molar-refractivity contribution >= 4 is 5.91 Å². The molecule has 3 atom stereocenters. The van der Waals surface area contributed by atoms with E-state index in [1.54, 1.807) is 0 Å². The number of rotatable bonds is 4. The first kappa shape index (κ1) is 17.8. The molecule has 0 spiro atoms. The molecule has 4 aliphatic rings. The molecule has 142 valence electrons. The lowest BCUT2D eigenvalue weighted by Gasteiger charge is -2.38. The van der Waals surface area contributed by atoms with Crippen molar-refractivity contribution in [3.05, 3.63) is 0 Å². The summed E-state index contributed by atoms with van der Waals surface area (Å²) in [4.78, 5) is 20.3. The van der Waals surface area contributed by atoms with E-state index in [0.717, 1.165) is 24.9 Å². The highest BCUT2D eigenvalue weighted by Crippen LogP contribution is 2.50. The third kappa shape index (κ3) is 4.39. The molecule has 2 aliphatic heterocycles. The normalized spacial score (nSPS) is 35.7. The van der Waals surface area contributed by atoms with E-state index < -0.39 is 0 Å². The average Bonchev–Trinajstić information content (AvgIpc) is 3.45. The van der Waals surface area contributed by atoms with E-state index in [2.05, 4.69) is 21.7 Å². The highest BCUT2D eigenvalue weighted by Gasteiger charge is 2.49. The van der Waals surface area contributed by atoms with Gasteiger partial charge < -0.3 is 14.7 Å². The molecule has 0 radical (unpaired) electrons. The molecule has 0 bridgehead atoms. The second-order valence-electron chi connectivity index (χ2n) is 9.30. The Hall–Kier alpha value is -0.610. The quantitative estimate of drug-likeness (QED) is 0.782. The largest absolute Gasteiger partial charge is 0.342 e. The van der Waals surface area contributed by atoms with E-state index in [-0.39, 0.29) is 0 Å². The molecule has 2 aliphatic carbocycles. The van der Waals surface area contributed by atoms with Crippen LogP contribution in [-0.4, -0.2) is 73.5 Å². The molecule has 1 amide bonds. The average molecular weight is 348 g/mol. The SMILES string of the molecule is CN1CCN(C[C@@H]2CCCN(C(=O)[C@H]3C[C@@H]3C3CCCCC3)C2)CC1. The van der Waals surface area contributed by atoms with Crippen LogP contribution in [0.15, 0.2) is 0 Å². The Morgan fingerprint density at radius 2 is 1.68 bits per heavy atom. The molecule has 2 saturated carbocycles. The van der Waals surface area contributed by atoms with Crippen LogP contribution < -0.4 is 0 Å². The fourth-order valence-corrected chi connectivity index (χ4v) is 5.63. The molecule has 4 fully saturated rings. The molecule has 25 heavy (non-hydrogen) atoms. The molecule has 0 aromatic rings. The van der Waals surface area contributed by atoms with E-state index in [1.807, 2.05) is 0 Å². The summed E-state index contributed by atoms with van der Waals surface area (Å²) >= 11 is 0. The van der Waals surface area contributed by atoms with Crippen LogP contribution in [0.2, 0.25) is 0 Å². The van der Waals surface area contributed by atoms with Gasteiger partial charge >= 0.3 is 0 Å². The van der Waals surface area contributed by atoms with Crippen LogP contribution in [0.3, 0.4) is 0 Å². The highest BCUT2D eigenvalue weighted by molar-refractivity contribution is 5.81. The van der Waals surface area contributed by atoms with Crippen molar-refractivity contribution in [3.63, 3.8) is 0 Å². The predicted octanol–water partition coefficient (Wildman–Crippen LogP) is 2.69. The summed E-state index contributed by atoms with van der Waals surface area (Å²) in [6, 6.07) is 0. The molecular weight excluding hydrogens is 310 g/mol. The number of piperazine rings is 1. The number of amides is 1. The molecule has 0 aromatic heterocycles. The Morgan fingerprint density at radius 3 is 2.44 bits per heavy atom. The minimum Gasteiger partial charge on any atom is -0.342 e. The van der Waals surface area contributed by atoms with Crippen LogP contribution in [0.4, 0.5) is 0 Å². The maximum atomic E-state index is 13.0. The number of likely N-dealkylation sites (N-methyl/N-ethyl adjacent to an activating group) is 1. The standard InChI is InChI=1S/C21H37N3O/c1-22-10-12-23(13-11-22)15-17-6-5-9-24(16-17)21(25)20-14-19(20)18-7-3-2-4-8-18/h17-20H,2-16H2,1H3/t17-,19+,20-/m0/s1. The number of nitrogens with zero attached hydrogens (tertiary/aromatic N) is 3. The van der Waals surface area contributed by atoms with Crippen LogP contribution in [-0.2, 0) is 4.79 Å². The molecule has 4 heteroatoms. The monoisotopic (exact) mass is 347 g/mol. The minimum absolute atomic E-state index is 0.394. The van der Waals surface area contributed by atoms with Gasteiger partial charge in [0.2, 0.25) is 5.91 Å². The van der Waals surface area contributed by atoms with Crippen molar-refractivity contribution in [2.24, 2.45) is 23.7 Å². The van der Waals surface area contributed by atoms with Gasteiger partial charge in [0.25, 0.3) is 0 Å². The fraction of sp³-hybridized carbons (Fsp3) is 0.952. The number of hydrogen-bond donors (Lipinski definition) is 0. The minimum atomic E-state index is 0.394. The van der Waals surface area contributed by atoms with Gasteiger partial charge in [0, 0.05) is 51.7 Å². The topological polar surface area (TPSA) is 26.8 Å². The Morgan fingerprint density at radius 1 is 0.920 bits per heavy atom. The maximum Gasteiger partial charge on any atom is 0.225 e. The second-order valence-corrected chi connectivity index (χ2v) is 9.30. The van der Waals surface area contributed by atoms with E-state index in [1.165, 1.54) is 84.1 Å². The molecule has 2 heterocycles. The maximum absolute atomic E-state index is 13.0. The number of piperidine rings is 1. The van der Waals surface area contributed by atoms with Crippen LogP contribution in [0.25, 0.3) is 0 Å². The summed E-state index contributed by atoms with van der Waals surface area (Å²) in [5, 5.41) is 0. The lowest BCUT2D eigenvalue weighted by molar-refractivity contribution is -0.135. The van der Waals surface area contributed by atoms with Crippen molar-refractivity contribution in [3.8, 4) is 0 Å². The first-order valence-corrected chi connectivity index (χ1v) is 10.9. The molecule has 0 N–H and O–H groups in total. The second kappa shape index (κ2) is 7.96. The zero-order valence-corrected chi connectivity index (χ0v) is 16.2. The van der Waals surface area contributed by atoms with Gasteiger partial charge in [-0.15, -0.1) is 0 Å². The van der Waals surface area contributed by atoms with Crippen LogP contribution in [0.1, 0.15) is 51.4 Å². The third-order valence-corrected chi connectivity index (χ3v) is 7.36. The van der Waals surface area contributed by atoms with E-state index in [0.29, 0.717) is 17.7 Å². The van der Waals surface area contributed by atoms with Crippen molar-refractivity contribution < 1.29 is 4.79 Å². The Kier molecular flexibility index (Phi) is 5.66. The van der Waals surface area contributed by atoms with Gasteiger partial charge in [-0.3, -0.25) is 4.79 Å². The molecule has 4 nitrogen and oxygen atoms in total. The number of carbonyl (C=O) groups is 1. The highest BCUT2D eigenvalue weighted by atomic mass is 16.2. The molecule has 2 saturated heterocycles. The van der Waals surface area contributed by atoms with Crippen molar-refractivity contribution in [1.82, 2.24) is 14.7 Å². The van der Waals surface area contributed by atoms with Crippen LogP contribution in [0.5, 0.6) is 0 Å². The van der Waals surface area contributed by atoms with E-state index in [9.17, 15) is 4.79 Å². The van der Waals surface area contributed by atoms with Gasteiger partial charge in [-0.25, -0.2) is 0 Å². The molecule has 0 unspecified atom stereocenters. The van der Waals surface area contributed by atoms with Gasteiger partial charge in [0.05, 0.1) is 0 Å². The summed E-state index contributed by atoms with van der Waals surface area (Å²) in [5.74, 6) is 3.22. The molecular formula is C21H37N3O. The van der Waals surface area contributed by atoms with Crippen molar-refractivity contribution in [1.29, 1.82) is 0 Å². The lowest BCUT2D eigenvalue weighted by atomic mass is 9.85. The van der Waals surface area contributed by atoms with E-state index >= 15 is 0 Å². The third-order valence-electron chi connectivity index (χ3n) is 7.36. The number of hydrogen-bond acceptors (Lipinski definition) is 3. The zero-order chi connectivity index (χ0) is 17.2. The van der Waals surface area contributed by atoms with Gasteiger partial charge in [0.15, 0.2) is 0 Å². The molecule has 0 aromatic carbocycles. The Bertz CT molecular complexity index is 454. The number of likely N-dealkylation sites (tertiary alicyclic amines) is 1. The van der Waals surface area contributed by atoms with Crippen molar-refractivity contribution in [2.75, 3.05) is 52.9 Å². The Labute approximate surface area is 153 Å². The summed E-state index contributed by atoms with van der Waals surface area (Å²) in [6.07, 6.45) is 10.7.